The number of amides is 1. The van der Waals surface area contributed by atoms with Crippen molar-refractivity contribution < 1.29 is 14.7 Å². The molecule has 2 heterocycles. The third kappa shape index (κ3) is 4.44. The van der Waals surface area contributed by atoms with Crippen LogP contribution in [0.3, 0.4) is 0 Å². The lowest BCUT2D eigenvalue weighted by atomic mass is 9.86. The molecule has 0 spiro atoms. The van der Waals surface area contributed by atoms with E-state index < -0.39 is 0 Å². The summed E-state index contributed by atoms with van der Waals surface area (Å²) in [5, 5.41) is 3.28. The van der Waals surface area contributed by atoms with Gasteiger partial charge in [-0.05, 0) is 24.8 Å². The van der Waals surface area contributed by atoms with Crippen LogP contribution in [0, 0.1) is 5.92 Å². The van der Waals surface area contributed by atoms with Gasteiger partial charge in [-0.25, -0.2) is 4.98 Å². The van der Waals surface area contributed by atoms with E-state index in [0.29, 0.717) is 18.5 Å². The topological polar surface area (TPSA) is 50.9 Å². The highest BCUT2D eigenvalue weighted by Crippen LogP contribution is 2.23. The van der Waals surface area contributed by atoms with E-state index in [1.165, 1.54) is 30.0 Å². The number of nitrogens with one attached hydrogen (secondary N) is 3. The quantitative estimate of drug-likeness (QED) is 0.815. The number of piperazine rings is 1. The van der Waals surface area contributed by atoms with E-state index in [-0.39, 0.29) is 5.91 Å². The van der Waals surface area contributed by atoms with E-state index in [1.807, 2.05) is 12.3 Å². The predicted molar refractivity (Wildman–Crippen MR) is 90.3 cm³/mol. The van der Waals surface area contributed by atoms with Gasteiger partial charge in [-0.15, -0.1) is 0 Å². The summed E-state index contributed by atoms with van der Waals surface area (Å²) in [5.74, 6) is 2.04. The van der Waals surface area contributed by atoms with Gasteiger partial charge in [0.25, 0.3) is 11.7 Å². The maximum atomic E-state index is 12.3. The normalized spacial score (nSPS) is 26.0. The summed E-state index contributed by atoms with van der Waals surface area (Å²) >= 11 is 0. The number of anilines is 1. The first-order valence-corrected chi connectivity index (χ1v) is 9.07. The maximum absolute atomic E-state index is 12.3. The van der Waals surface area contributed by atoms with Crippen molar-refractivity contribution in [1.29, 1.82) is 0 Å². The lowest BCUT2D eigenvalue weighted by Gasteiger charge is -2.31. The van der Waals surface area contributed by atoms with Crippen LogP contribution < -0.4 is 20.1 Å². The van der Waals surface area contributed by atoms with Crippen LogP contribution in [0.1, 0.15) is 32.6 Å². The third-order valence-electron chi connectivity index (χ3n) is 5.37. The Morgan fingerprint density at radius 2 is 2.09 bits per heavy atom. The number of hydrogen-bond acceptors (Lipinski definition) is 2. The molecule has 1 aliphatic carbocycles. The van der Waals surface area contributed by atoms with E-state index in [4.69, 9.17) is 0 Å². The molecule has 1 aliphatic heterocycles. The molecule has 3 rings (SSSR count). The van der Waals surface area contributed by atoms with Crippen molar-refractivity contribution in [2.75, 3.05) is 37.6 Å². The van der Waals surface area contributed by atoms with Crippen LogP contribution in [-0.4, -0.2) is 44.7 Å². The molecule has 3 N–H and O–H groups in total. The molecule has 0 bridgehead atoms. The van der Waals surface area contributed by atoms with Crippen molar-refractivity contribution in [3.63, 3.8) is 0 Å². The van der Waals surface area contributed by atoms with Crippen LogP contribution in [0.4, 0.5) is 5.82 Å². The molecule has 23 heavy (non-hydrogen) atoms. The summed E-state index contributed by atoms with van der Waals surface area (Å²) in [7, 11) is 0. The first kappa shape index (κ1) is 16.2. The Bertz CT molecular complexity index is 499. The van der Waals surface area contributed by atoms with E-state index in [9.17, 15) is 4.79 Å². The Hall–Kier alpha value is -1.62. The maximum Gasteiger partial charge on any atom is 0.275 e. The minimum atomic E-state index is 0.235. The van der Waals surface area contributed by atoms with Gasteiger partial charge in [-0.1, -0.05) is 25.8 Å². The Kier molecular flexibility index (Phi) is 5.49. The van der Waals surface area contributed by atoms with Crippen molar-refractivity contribution in [2.45, 2.75) is 38.6 Å². The van der Waals surface area contributed by atoms with Gasteiger partial charge >= 0.3 is 0 Å². The first-order chi connectivity index (χ1) is 11.2. The number of aromatic amines is 1. The van der Waals surface area contributed by atoms with Gasteiger partial charge in [0.1, 0.15) is 26.2 Å². The molecule has 126 valence electrons. The molecule has 0 unspecified atom stereocenters. The van der Waals surface area contributed by atoms with Crippen LogP contribution >= 0.6 is 0 Å². The van der Waals surface area contributed by atoms with E-state index in [2.05, 4.69) is 34.3 Å². The zero-order valence-corrected chi connectivity index (χ0v) is 14.2. The number of hydrogen-bond donors (Lipinski definition) is 2. The fourth-order valence-electron chi connectivity index (χ4n) is 3.84. The average molecular weight is 318 g/mol. The molecule has 5 heteroatoms. The van der Waals surface area contributed by atoms with E-state index in [1.54, 1.807) is 0 Å². The molecule has 2 atom stereocenters. The SMILES string of the molecule is C[C@H]1CCCC[C@H]1NC(=O)C[NH+]1CCN(c2cccc[nH+]2)CC1. The Labute approximate surface area is 139 Å². The Balaban J connectivity index is 1.42. The van der Waals surface area contributed by atoms with E-state index in [0.717, 1.165) is 32.6 Å². The number of carbonyl (C=O) groups excluding carboxylic acids is 1. The summed E-state index contributed by atoms with van der Waals surface area (Å²) in [5.41, 5.74) is 0. The second-order valence-electron chi connectivity index (χ2n) is 7.10. The molecule has 1 aromatic rings. The van der Waals surface area contributed by atoms with Crippen molar-refractivity contribution in [3.05, 3.63) is 24.4 Å². The summed E-state index contributed by atoms with van der Waals surface area (Å²) in [4.78, 5) is 19.4. The average Bonchev–Trinajstić information content (AvgIpc) is 2.58. The number of aromatic nitrogens is 1. The monoisotopic (exact) mass is 318 g/mol. The van der Waals surface area contributed by atoms with Crippen molar-refractivity contribution in [1.82, 2.24) is 5.32 Å². The van der Waals surface area contributed by atoms with Crippen molar-refractivity contribution >= 4 is 11.7 Å². The fraction of sp³-hybridized carbons (Fsp3) is 0.667. The van der Waals surface area contributed by atoms with Gasteiger partial charge in [0.05, 0.1) is 6.20 Å². The van der Waals surface area contributed by atoms with E-state index >= 15 is 0 Å². The largest absolute Gasteiger partial charge is 0.348 e. The Morgan fingerprint density at radius 1 is 1.30 bits per heavy atom. The number of rotatable bonds is 4. The molecular weight excluding hydrogens is 288 g/mol. The standard InChI is InChI=1S/C18H28N4O/c1-15-6-2-3-7-16(15)20-18(23)14-21-10-12-22(13-11-21)17-8-4-5-9-19-17/h4-5,8-9,15-16H,2-3,6-7,10-14H2,1H3,(H,20,23)/p+2/t15-,16+/m0/s1. The van der Waals surface area contributed by atoms with Crippen molar-refractivity contribution in [2.24, 2.45) is 5.92 Å². The number of quaternary nitrogens is 1. The number of carbonyl (C=O) groups is 1. The number of nitrogens with zero attached hydrogens (tertiary/aromatic N) is 1. The molecule has 5 nitrogen and oxygen atoms in total. The smallest absolute Gasteiger partial charge is 0.275 e. The molecule has 0 aromatic carbocycles. The highest BCUT2D eigenvalue weighted by atomic mass is 16.2. The number of H-pyrrole nitrogens is 1. The molecule has 2 aliphatic rings. The minimum absolute atomic E-state index is 0.235. The Morgan fingerprint density at radius 3 is 2.78 bits per heavy atom. The van der Waals surface area contributed by atoms with Gasteiger partial charge in [0, 0.05) is 12.1 Å². The molecule has 1 saturated carbocycles. The second-order valence-corrected chi connectivity index (χ2v) is 7.10. The molecule has 0 radical (unpaired) electrons. The van der Waals surface area contributed by atoms with Gasteiger partial charge < -0.3 is 10.2 Å². The molecule has 2 fully saturated rings. The zero-order valence-electron chi connectivity index (χ0n) is 14.2. The van der Waals surface area contributed by atoms with Gasteiger partial charge in [-0.2, -0.15) is 0 Å². The molecule has 1 amide bonds. The summed E-state index contributed by atoms with van der Waals surface area (Å²) in [6.07, 6.45) is 6.95. The number of pyridine rings is 1. The molecule has 1 saturated heterocycles. The lowest BCUT2D eigenvalue weighted by Crippen LogP contribution is -3.16. The second kappa shape index (κ2) is 7.77. The summed E-state index contributed by atoms with van der Waals surface area (Å²) < 4.78 is 0. The predicted octanol–water partition coefficient (Wildman–Crippen LogP) is -0.0995. The van der Waals surface area contributed by atoms with Gasteiger partial charge in [0.15, 0.2) is 6.54 Å². The molecule has 1 aromatic heterocycles. The summed E-state index contributed by atoms with van der Waals surface area (Å²) in [6, 6.07) is 6.57. The van der Waals surface area contributed by atoms with Gasteiger partial charge in [0.2, 0.25) is 0 Å². The third-order valence-corrected chi connectivity index (χ3v) is 5.37. The zero-order chi connectivity index (χ0) is 16.1. The highest BCUT2D eigenvalue weighted by molar-refractivity contribution is 5.77. The summed E-state index contributed by atoms with van der Waals surface area (Å²) in [6.45, 7) is 6.94. The minimum Gasteiger partial charge on any atom is -0.348 e. The van der Waals surface area contributed by atoms with Crippen LogP contribution in [0.5, 0.6) is 0 Å². The van der Waals surface area contributed by atoms with Crippen molar-refractivity contribution in [3.8, 4) is 0 Å². The highest BCUT2D eigenvalue weighted by Gasteiger charge is 2.29. The van der Waals surface area contributed by atoms with Gasteiger partial charge in [-0.3, -0.25) is 9.69 Å². The van der Waals surface area contributed by atoms with Crippen LogP contribution in [0.2, 0.25) is 0 Å². The molecular formula is C18H30N4O+2. The van der Waals surface area contributed by atoms with Crippen LogP contribution in [0.15, 0.2) is 24.4 Å². The van der Waals surface area contributed by atoms with Crippen LogP contribution in [0.25, 0.3) is 0 Å². The fourth-order valence-corrected chi connectivity index (χ4v) is 3.84. The van der Waals surface area contributed by atoms with Crippen LogP contribution in [-0.2, 0) is 4.79 Å². The lowest BCUT2D eigenvalue weighted by molar-refractivity contribution is -0.892. The first-order valence-electron chi connectivity index (χ1n) is 9.07.